The lowest BCUT2D eigenvalue weighted by Crippen LogP contribution is -2.30. The second-order valence-corrected chi connectivity index (χ2v) is 6.24. The third-order valence-electron chi connectivity index (χ3n) is 4.11. The summed E-state index contributed by atoms with van der Waals surface area (Å²) in [5.41, 5.74) is 2.68. The van der Waals surface area contributed by atoms with E-state index in [1.165, 1.54) is 12.1 Å². The highest BCUT2D eigenvalue weighted by atomic mass is 19.4. The van der Waals surface area contributed by atoms with Gasteiger partial charge in [-0.25, -0.2) is 4.98 Å². The van der Waals surface area contributed by atoms with E-state index in [0.717, 1.165) is 17.7 Å². The lowest BCUT2D eigenvalue weighted by Gasteiger charge is -2.10. The molecule has 0 atom stereocenters. The Hall–Kier alpha value is -3.03. The van der Waals surface area contributed by atoms with Gasteiger partial charge in [-0.1, -0.05) is 6.07 Å². The Balaban J connectivity index is 1.57. The summed E-state index contributed by atoms with van der Waals surface area (Å²) < 4.78 is 39.4. The number of halogens is 3. The Labute approximate surface area is 154 Å². The zero-order valence-corrected chi connectivity index (χ0v) is 14.9. The van der Waals surface area contributed by atoms with Crippen LogP contribution in [-0.2, 0) is 6.18 Å². The Morgan fingerprint density at radius 2 is 1.78 bits per heavy atom. The number of nitrogens with zero attached hydrogens (tertiary/aromatic N) is 2. The van der Waals surface area contributed by atoms with Gasteiger partial charge >= 0.3 is 6.18 Å². The predicted octanol–water partition coefficient (Wildman–Crippen LogP) is 3.81. The Morgan fingerprint density at radius 3 is 2.44 bits per heavy atom. The third kappa shape index (κ3) is 4.21. The van der Waals surface area contributed by atoms with Crippen LogP contribution < -0.4 is 10.6 Å². The molecule has 0 spiro atoms. The summed E-state index contributed by atoms with van der Waals surface area (Å²) in [6, 6.07) is 8.54. The van der Waals surface area contributed by atoms with Crippen LogP contribution in [-0.4, -0.2) is 28.4 Å². The molecule has 2 aromatic heterocycles. The molecule has 0 saturated heterocycles. The van der Waals surface area contributed by atoms with E-state index in [4.69, 9.17) is 0 Å². The molecule has 1 aromatic carbocycles. The normalized spacial score (nSPS) is 11.6. The van der Waals surface area contributed by atoms with E-state index >= 15 is 0 Å². The van der Waals surface area contributed by atoms with Gasteiger partial charge in [-0.15, -0.1) is 0 Å². The van der Waals surface area contributed by atoms with Gasteiger partial charge in [0.15, 0.2) is 0 Å². The zero-order chi connectivity index (χ0) is 19.6. The van der Waals surface area contributed by atoms with Crippen molar-refractivity contribution in [1.82, 2.24) is 14.7 Å². The van der Waals surface area contributed by atoms with Crippen LogP contribution in [0.1, 0.15) is 27.3 Å². The van der Waals surface area contributed by atoms with Gasteiger partial charge in [0.05, 0.1) is 11.3 Å². The number of carbonyl (C=O) groups excluding carboxylic acids is 1. The molecule has 2 heterocycles. The SMILES string of the molecule is Cc1ccc2nc(C)c(C(=O)NCCNc3ccc(C(F)(F)F)cc3)n2c1. The van der Waals surface area contributed by atoms with Crippen molar-refractivity contribution in [2.24, 2.45) is 0 Å². The van der Waals surface area contributed by atoms with Crippen LogP contribution in [0.5, 0.6) is 0 Å². The van der Waals surface area contributed by atoms with Gasteiger partial charge in [0.25, 0.3) is 5.91 Å². The molecule has 0 radical (unpaired) electrons. The van der Waals surface area contributed by atoms with Crippen LogP contribution in [0.3, 0.4) is 0 Å². The van der Waals surface area contributed by atoms with E-state index < -0.39 is 11.7 Å². The molecule has 142 valence electrons. The number of amides is 1. The quantitative estimate of drug-likeness (QED) is 0.666. The van der Waals surface area contributed by atoms with Crippen molar-refractivity contribution in [3.05, 3.63) is 65.1 Å². The maximum atomic E-state index is 12.5. The number of aryl methyl sites for hydroxylation is 2. The fourth-order valence-electron chi connectivity index (χ4n) is 2.79. The van der Waals surface area contributed by atoms with Crippen molar-refractivity contribution < 1.29 is 18.0 Å². The molecule has 8 heteroatoms. The van der Waals surface area contributed by atoms with Gasteiger partial charge in [0.2, 0.25) is 0 Å². The van der Waals surface area contributed by atoms with Gasteiger partial charge in [-0.05, 0) is 49.7 Å². The number of rotatable bonds is 5. The second-order valence-electron chi connectivity index (χ2n) is 6.24. The molecule has 0 aliphatic heterocycles. The van der Waals surface area contributed by atoms with Crippen LogP contribution >= 0.6 is 0 Å². The molecular formula is C19H19F3N4O. The molecular weight excluding hydrogens is 357 g/mol. The topological polar surface area (TPSA) is 58.4 Å². The Kier molecular flexibility index (Phi) is 5.07. The number of alkyl halides is 3. The minimum absolute atomic E-state index is 0.250. The van der Waals surface area contributed by atoms with Gasteiger partial charge in [0, 0.05) is 25.0 Å². The van der Waals surface area contributed by atoms with E-state index in [2.05, 4.69) is 15.6 Å². The highest BCUT2D eigenvalue weighted by Gasteiger charge is 2.29. The van der Waals surface area contributed by atoms with Gasteiger partial charge in [-0.3, -0.25) is 9.20 Å². The number of aromatic nitrogens is 2. The summed E-state index contributed by atoms with van der Waals surface area (Å²) >= 11 is 0. The molecule has 0 bridgehead atoms. The lowest BCUT2D eigenvalue weighted by molar-refractivity contribution is -0.137. The lowest BCUT2D eigenvalue weighted by atomic mass is 10.2. The van der Waals surface area contributed by atoms with Gasteiger partial charge in [-0.2, -0.15) is 13.2 Å². The summed E-state index contributed by atoms with van der Waals surface area (Å²) in [6.45, 7) is 4.41. The van der Waals surface area contributed by atoms with E-state index in [1.807, 2.05) is 25.3 Å². The summed E-state index contributed by atoms with van der Waals surface area (Å²) in [5, 5.41) is 5.78. The van der Waals surface area contributed by atoms with Crippen molar-refractivity contribution in [3.63, 3.8) is 0 Å². The Bertz CT molecular complexity index is 961. The van der Waals surface area contributed by atoms with E-state index in [9.17, 15) is 18.0 Å². The number of benzene rings is 1. The summed E-state index contributed by atoms with van der Waals surface area (Å²) in [7, 11) is 0. The van der Waals surface area contributed by atoms with Crippen LogP contribution in [0.25, 0.3) is 5.65 Å². The zero-order valence-electron chi connectivity index (χ0n) is 14.9. The molecule has 0 aliphatic rings. The summed E-state index contributed by atoms with van der Waals surface area (Å²) in [5.74, 6) is -0.250. The molecule has 1 amide bonds. The molecule has 0 aliphatic carbocycles. The van der Waals surface area contributed by atoms with Crippen molar-refractivity contribution >= 4 is 17.2 Å². The average Bonchev–Trinajstić information content (AvgIpc) is 2.93. The van der Waals surface area contributed by atoms with Crippen LogP contribution in [0.2, 0.25) is 0 Å². The second kappa shape index (κ2) is 7.30. The van der Waals surface area contributed by atoms with Crippen LogP contribution in [0, 0.1) is 13.8 Å². The number of fused-ring (bicyclic) bond motifs is 1. The first-order chi connectivity index (χ1) is 12.8. The van der Waals surface area contributed by atoms with Crippen molar-refractivity contribution in [3.8, 4) is 0 Å². The minimum atomic E-state index is -4.35. The first-order valence-electron chi connectivity index (χ1n) is 8.40. The third-order valence-corrected chi connectivity index (χ3v) is 4.11. The van der Waals surface area contributed by atoms with Crippen molar-refractivity contribution in [2.75, 3.05) is 18.4 Å². The van der Waals surface area contributed by atoms with Crippen LogP contribution in [0.15, 0.2) is 42.6 Å². The largest absolute Gasteiger partial charge is 0.416 e. The molecule has 0 fully saturated rings. The first kappa shape index (κ1) is 18.8. The number of nitrogens with one attached hydrogen (secondary N) is 2. The van der Waals surface area contributed by atoms with Gasteiger partial charge in [0.1, 0.15) is 11.3 Å². The number of hydrogen-bond donors (Lipinski definition) is 2. The number of carbonyl (C=O) groups is 1. The van der Waals surface area contributed by atoms with Gasteiger partial charge < -0.3 is 10.6 Å². The molecule has 0 saturated carbocycles. The molecule has 3 rings (SSSR count). The summed E-state index contributed by atoms with van der Waals surface area (Å²) in [6.07, 6.45) is -2.50. The highest BCUT2D eigenvalue weighted by Crippen LogP contribution is 2.29. The fourth-order valence-corrected chi connectivity index (χ4v) is 2.79. The van der Waals surface area contributed by atoms with E-state index in [1.54, 1.807) is 11.3 Å². The highest BCUT2D eigenvalue weighted by molar-refractivity contribution is 5.94. The average molecular weight is 376 g/mol. The monoisotopic (exact) mass is 376 g/mol. The molecule has 2 N–H and O–H groups in total. The van der Waals surface area contributed by atoms with E-state index in [-0.39, 0.29) is 5.91 Å². The first-order valence-corrected chi connectivity index (χ1v) is 8.40. The standard InChI is InChI=1S/C19H19F3N4O/c1-12-3-8-16-25-13(2)17(26(16)11-12)18(27)24-10-9-23-15-6-4-14(5-7-15)19(20,21)22/h3-8,11,23H,9-10H2,1-2H3,(H,24,27). The molecule has 27 heavy (non-hydrogen) atoms. The minimum Gasteiger partial charge on any atom is -0.383 e. The number of hydrogen-bond acceptors (Lipinski definition) is 3. The molecule has 0 unspecified atom stereocenters. The number of imidazole rings is 1. The smallest absolute Gasteiger partial charge is 0.383 e. The number of pyridine rings is 1. The summed E-state index contributed by atoms with van der Waals surface area (Å²) in [4.78, 5) is 16.9. The molecule has 3 aromatic rings. The van der Waals surface area contributed by atoms with Crippen molar-refractivity contribution in [2.45, 2.75) is 20.0 Å². The molecule has 5 nitrogen and oxygen atoms in total. The van der Waals surface area contributed by atoms with E-state index in [0.29, 0.717) is 35.8 Å². The maximum Gasteiger partial charge on any atom is 0.416 e. The Morgan fingerprint density at radius 1 is 1.07 bits per heavy atom. The maximum absolute atomic E-state index is 12.5. The number of anilines is 1. The fraction of sp³-hybridized carbons (Fsp3) is 0.263. The van der Waals surface area contributed by atoms with Crippen LogP contribution in [0.4, 0.5) is 18.9 Å². The van der Waals surface area contributed by atoms with Crippen molar-refractivity contribution in [1.29, 1.82) is 0 Å². The predicted molar refractivity (Wildman–Crippen MR) is 96.9 cm³/mol.